The van der Waals surface area contributed by atoms with Crippen LogP contribution in [0.25, 0.3) is 10.2 Å². The zero-order valence-electron chi connectivity index (χ0n) is 12.7. The van der Waals surface area contributed by atoms with E-state index >= 15 is 0 Å². The van der Waals surface area contributed by atoms with Gasteiger partial charge in [-0.05, 0) is 18.2 Å². The number of aromatic carboxylic acids is 1. The van der Waals surface area contributed by atoms with E-state index in [1.165, 1.54) is 17.7 Å². The van der Waals surface area contributed by atoms with E-state index in [1.54, 1.807) is 18.3 Å². The van der Waals surface area contributed by atoms with Gasteiger partial charge in [-0.15, -0.1) is 11.3 Å². The molecule has 0 aromatic carbocycles. The molecule has 3 rings (SSSR count). The van der Waals surface area contributed by atoms with Crippen molar-refractivity contribution >= 4 is 33.3 Å². The maximum Gasteiger partial charge on any atom is 0.345 e. The van der Waals surface area contributed by atoms with E-state index in [0.717, 1.165) is 15.9 Å². The van der Waals surface area contributed by atoms with Crippen LogP contribution in [0.3, 0.4) is 0 Å². The molecule has 0 bridgehead atoms. The lowest BCUT2D eigenvalue weighted by molar-refractivity contribution is 0.0702. The van der Waals surface area contributed by atoms with Gasteiger partial charge in [-0.25, -0.2) is 14.6 Å². The number of aromatic nitrogens is 3. The zero-order valence-corrected chi connectivity index (χ0v) is 13.5. The van der Waals surface area contributed by atoms with Crippen molar-refractivity contribution in [2.45, 2.75) is 6.54 Å². The Morgan fingerprint density at radius 2 is 2.17 bits per heavy atom. The third-order valence-electron chi connectivity index (χ3n) is 3.53. The van der Waals surface area contributed by atoms with E-state index in [9.17, 15) is 14.4 Å². The molecule has 0 fully saturated rings. The molecule has 0 atom stereocenters. The smallest absolute Gasteiger partial charge is 0.345 e. The Hall–Kier alpha value is -2.94. The van der Waals surface area contributed by atoms with Gasteiger partial charge in [0.1, 0.15) is 15.5 Å². The minimum atomic E-state index is -1.12. The first-order valence-corrected chi connectivity index (χ1v) is 7.92. The second kappa shape index (κ2) is 6.28. The summed E-state index contributed by atoms with van der Waals surface area (Å²) < 4.78 is 2.39. The molecule has 0 aliphatic carbocycles. The number of anilines is 1. The molecule has 0 amide bonds. The van der Waals surface area contributed by atoms with Gasteiger partial charge in [0.05, 0.1) is 5.39 Å². The first kappa shape index (κ1) is 15.9. The van der Waals surface area contributed by atoms with E-state index in [0.29, 0.717) is 17.2 Å². The van der Waals surface area contributed by atoms with Gasteiger partial charge in [0.2, 0.25) is 0 Å². The fourth-order valence-corrected chi connectivity index (χ4v) is 3.29. The Morgan fingerprint density at radius 1 is 1.38 bits per heavy atom. The summed E-state index contributed by atoms with van der Waals surface area (Å²) >= 11 is 0.914. The molecule has 0 radical (unpaired) electrons. The van der Waals surface area contributed by atoms with Gasteiger partial charge in [0, 0.05) is 26.3 Å². The largest absolute Gasteiger partial charge is 0.477 e. The van der Waals surface area contributed by atoms with E-state index in [-0.39, 0.29) is 16.8 Å². The number of carboxylic acids is 1. The number of carboxylic acid groups (broad SMARTS) is 1. The Balaban J connectivity index is 1.94. The van der Waals surface area contributed by atoms with Crippen molar-refractivity contribution in [3.63, 3.8) is 0 Å². The van der Waals surface area contributed by atoms with Crippen molar-refractivity contribution in [2.24, 2.45) is 7.05 Å². The fourth-order valence-electron chi connectivity index (χ4n) is 2.35. The van der Waals surface area contributed by atoms with Gasteiger partial charge < -0.3 is 10.4 Å². The van der Waals surface area contributed by atoms with Crippen molar-refractivity contribution in [1.82, 2.24) is 14.1 Å². The zero-order chi connectivity index (χ0) is 17.3. The first-order chi connectivity index (χ1) is 11.5. The van der Waals surface area contributed by atoms with Crippen LogP contribution in [0, 0.1) is 0 Å². The average Bonchev–Trinajstić information content (AvgIpc) is 3.03. The topological polar surface area (TPSA) is 106 Å². The summed E-state index contributed by atoms with van der Waals surface area (Å²) in [7, 11) is 1.52. The summed E-state index contributed by atoms with van der Waals surface area (Å²) in [6.07, 6.45) is 1.64. The highest BCUT2D eigenvalue weighted by atomic mass is 32.1. The molecule has 0 spiro atoms. The average molecular weight is 346 g/mol. The summed E-state index contributed by atoms with van der Waals surface area (Å²) in [4.78, 5) is 40.4. The maximum absolute atomic E-state index is 12.5. The number of pyridine rings is 1. The lowest BCUT2D eigenvalue weighted by atomic mass is 10.3. The number of thiophene rings is 1. The number of carbonyl (C=O) groups is 1. The number of aryl methyl sites for hydroxylation is 1. The molecule has 2 N–H and O–H groups in total. The third kappa shape index (κ3) is 2.81. The van der Waals surface area contributed by atoms with Crippen molar-refractivity contribution in [1.29, 1.82) is 0 Å². The van der Waals surface area contributed by atoms with Crippen LogP contribution in [0.5, 0.6) is 0 Å². The van der Waals surface area contributed by atoms with Gasteiger partial charge in [-0.2, -0.15) is 0 Å². The van der Waals surface area contributed by atoms with Gasteiger partial charge in [-0.1, -0.05) is 6.07 Å². The molecule has 8 nitrogen and oxygen atoms in total. The van der Waals surface area contributed by atoms with Crippen molar-refractivity contribution < 1.29 is 9.90 Å². The minimum Gasteiger partial charge on any atom is -0.477 e. The van der Waals surface area contributed by atoms with E-state index in [4.69, 9.17) is 5.11 Å². The number of hydrogen-bond donors (Lipinski definition) is 2. The van der Waals surface area contributed by atoms with Gasteiger partial charge in [0.15, 0.2) is 0 Å². The molecule has 124 valence electrons. The summed E-state index contributed by atoms with van der Waals surface area (Å²) in [6.45, 7) is 0.490. The summed E-state index contributed by atoms with van der Waals surface area (Å²) in [5, 5.41) is 12.3. The van der Waals surface area contributed by atoms with Gasteiger partial charge in [0.25, 0.3) is 5.56 Å². The number of nitrogens with zero attached hydrogens (tertiary/aromatic N) is 3. The molecule has 3 heterocycles. The molecule has 0 saturated carbocycles. The molecule has 3 aromatic heterocycles. The first-order valence-electron chi connectivity index (χ1n) is 7.10. The Kier molecular flexibility index (Phi) is 4.17. The lowest BCUT2D eigenvalue weighted by Gasteiger charge is -2.09. The van der Waals surface area contributed by atoms with E-state index in [2.05, 4.69) is 10.3 Å². The van der Waals surface area contributed by atoms with Gasteiger partial charge in [-0.3, -0.25) is 13.9 Å². The predicted octanol–water partition coefficient (Wildman–Crippen LogP) is 0.967. The molecule has 0 aliphatic heterocycles. The quantitative estimate of drug-likeness (QED) is 0.713. The second-order valence-electron chi connectivity index (χ2n) is 5.07. The molecule has 0 saturated heterocycles. The standard InChI is InChI=1S/C15H14N4O4S/c1-18-13-9(8-10(24-13)14(21)22)12(20)19(15(18)23)7-6-17-11-4-2-3-5-16-11/h2-5,8H,6-7H2,1H3,(H,16,17)(H,21,22). The van der Waals surface area contributed by atoms with Crippen molar-refractivity contribution in [3.05, 3.63) is 56.2 Å². The van der Waals surface area contributed by atoms with Crippen LogP contribution in [0.1, 0.15) is 9.67 Å². The van der Waals surface area contributed by atoms with Crippen LogP contribution < -0.4 is 16.6 Å². The highest BCUT2D eigenvalue weighted by molar-refractivity contribution is 7.20. The molecular weight excluding hydrogens is 332 g/mol. The predicted molar refractivity (Wildman–Crippen MR) is 91.0 cm³/mol. The number of hydrogen-bond acceptors (Lipinski definition) is 6. The van der Waals surface area contributed by atoms with E-state index in [1.807, 2.05) is 6.07 Å². The van der Waals surface area contributed by atoms with Crippen molar-refractivity contribution in [3.8, 4) is 0 Å². The van der Waals surface area contributed by atoms with Crippen LogP contribution in [0.4, 0.5) is 5.82 Å². The Labute approximate surface area is 139 Å². The maximum atomic E-state index is 12.5. The number of nitrogens with one attached hydrogen (secondary N) is 1. The van der Waals surface area contributed by atoms with Crippen LogP contribution in [-0.4, -0.2) is 31.7 Å². The summed E-state index contributed by atoms with van der Waals surface area (Å²) in [5.74, 6) is -0.474. The number of rotatable bonds is 5. The molecule has 0 unspecified atom stereocenters. The van der Waals surface area contributed by atoms with Crippen LogP contribution in [0.2, 0.25) is 0 Å². The number of fused-ring (bicyclic) bond motifs is 1. The fraction of sp³-hybridized carbons (Fsp3) is 0.200. The Morgan fingerprint density at radius 3 is 2.83 bits per heavy atom. The normalized spacial score (nSPS) is 10.9. The minimum absolute atomic E-state index is 0.0291. The molecule has 3 aromatic rings. The van der Waals surface area contributed by atoms with Crippen LogP contribution >= 0.6 is 11.3 Å². The second-order valence-corrected chi connectivity index (χ2v) is 6.11. The molecule has 24 heavy (non-hydrogen) atoms. The van der Waals surface area contributed by atoms with Crippen LogP contribution in [-0.2, 0) is 13.6 Å². The third-order valence-corrected chi connectivity index (χ3v) is 4.73. The van der Waals surface area contributed by atoms with E-state index < -0.39 is 17.2 Å². The molecule has 0 aliphatic rings. The highest BCUT2D eigenvalue weighted by Gasteiger charge is 2.16. The van der Waals surface area contributed by atoms with Crippen molar-refractivity contribution in [2.75, 3.05) is 11.9 Å². The SMILES string of the molecule is Cn1c(=O)n(CCNc2ccccn2)c(=O)c2cc(C(=O)O)sc21. The lowest BCUT2D eigenvalue weighted by Crippen LogP contribution is -2.40. The Bertz CT molecular complexity index is 1020. The summed E-state index contributed by atoms with van der Waals surface area (Å²) in [6, 6.07) is 6.70. The van der Waals surface area contributed by atoms with Crippen LogP contribution in [0.15, 0.2) is 40.1 Å². The molecule has 9 heteroatoms. The highest BCUT2D eigenvalue weighted by Crippen LogP contribution is 2.21. The monoisotopic (exact) mass is 346 g/mol. The summed E-state index contributed by atoms with van der Waals surface area (Å²) in [5.41, 5.74) is -0.964. The molecular formula is C15H14N4O4S. The van der Waals surface area contributed by atoms with Gasteiger partial charge >= 0.3 is 11.7 Å².